The smallest absolute Gasteiger partial charge is 0.232 e. The maximum Gasteiger partial charge on any atom is 0.232 e. The fourth-order valence-corrected chi connectivity index (χ4v) is 4.31. The van der Waals surface area contributed by atoms with Crippen molar-refractivity contribution in [3.8, 4) is 17.3 Å². The summed E-state index contributed by atoms with van der Waals surface area (Å²) in [6, 6.07) is 8.13. The number of morpholine rings is 1. The van der Waals surface area contributed by atoms with Crippen LogP contribution in [0.2, 0.25) is 0 Å². The molecule has 0 spiro atoms. The SMILES string of the molecule is CC1COCCN1c1nccc2oc(-c3cnc4ccc(OC5CC(N)C5)nn34)cc12. The molecule has 1 unspecified atom stereocenters. The summed E-state index contributed by atoms with van der Waals surface area (Å²) in [5, 5.41) is 5.61. The third-order valence-electron chi connectivity index (χ3n) is 6.07. The normalized spacial score (nSPS) is 23.9. The zero-order valence-corrected chi connectivity index (χ0v) is 17.3. The first kappa shape index (κ1) is 18.6. The van der Waals surface area contributed by atoms with E-state index in [1.165, 1.54) is 0 Å². The van der Waals surface area contributed by atoms with Gasteiger partial charge in [0.15, 0.2) is 11.4 Å². The van der Waals surface area contributed by atoms with Gasteiger partial charge in [0.1, 0.15) is 23.2 Å². The van der Waals surface area contributed by atoms with Crippen LogP contribution in [0.5, 0.6) is 5.88 Å². The third-order valence-corrected chi connectivity index (χ3v) is 6.07. The molecule has 31 heavy (non-hydrogen) atoms. The molecule has 0 amide bonds. The molecule has 160 valence electrons. The van der Waals surface area contributed by atoms with Crippen LogP contribution >= 0.6 is 0 Å². The summed E-state index contributed by atoms with van der Waals surface area (Å²) in [6.07, 6.45) is 5.40. The van der Waals surface area contributed by atoms with Crippen LogP contribution in [0.1, 0.15) is 19.8 Å². The van der Waals surface area contributed by atoms with Crippen LogP contribution in [0.4, 0.5) is 5.82 Å². The van der Waals surface area contributed by atoms with Crippen molar-refractivity contribution in [2.75, 3.05) is 24.7 Å². The van der Waals surface area contributed by atoms with Crippen molar-refractivity contribution in [1.29, 1.82) is 0 Å². The van der Waals surface area contributed by atoms with Crippen LogP contribution in [0.3, 0.4) is 0 Å². The molecule has 0 aromatic carbocycles. The average Bonchev–Trinajstić information content (AvgIpc) is 3.36. The van der Waals surface area contributed by atoms with Gasteiger partial charge in [-0.1, -0.05) is 0 Å². The molecule has 4 aromatic rings. The van der Waals surface area contributed by atoms with E-state index in [1.807, 2.05) is 24.3 Å². The largest absolute Gasteiger partial charge is 0.473 e. The Bertz CT molecular complexity index is 1240. The van der Waals surface area contributed by atoms with Gasteiger partial charge in [0, 0.05) is 24.8 Å². The first-order chi connectivity index (χ1) is 15.2. The summed E-state index contributed by atoms with van der Waals surface area (Å²) in [4.78, 5) is 11.4. The van der Waals surface area contributed by atoms with Crippen LogP contribution in [0.15, 0.2) is 41.1 Å². The van der Waals surface area contributed by atoms with Gasteiger partial charge in [-0.3, -0.25) is 0 Å². The molecule has 1 saturated heterocycles. The molecule has 9 nitrogen and oxygen atoms in total. The Morgan fingerprint density at radius 3 is 2.94 bits per heavy atom. The van der Waals surface area contributed by atoms with Gasteiger partial charge in [-0.05, 0) is 38.0 Å². The summed E-state index contributed by atoms with van der Waals surface area (Å²) in [5.74, 6) is 2.16. The fourth-order valence-electron chi connectivity index (χ4n) is 4.31. The number of rotatable bonds is 4. The van der Waals surface area contributed by atoms with Gasteiger partial charge in [-0.15, -0.1) is 5.10 Å². The molecule has 0 radical (unpaired) electrons. The quantitative estimate of drug-likeness (QED) is 0.537. The van der Waals surface area contributed by atoms with Gasteiger partial charge in [0.25, 0.3) is 0 Å². The summed E-state index contributed by atoms with van der Waals surface area (Å²) in [6.45, 7) is 4.33. The van der Waals surface area contributed by atoms with Crippen LogP contribution in [-0.2, 0) is 4.74 Å². The monoisotopic (exact) mass is 420 g/mol. The van der Waals surface area contributed by atoms with Crippen molar-refractivity contribution in [1.82, 2.24) is 19.6 Å². The topological polar surface area (TPSA) is 104 Å². The van der Waals surface area contributed by atoms with Gasteiger partial charge in [0.2, 0.25) is 5.88 Å². The van der Waals surface area contributed by atoms with E-state index in [0.29, 0.717) is 24.9 Å². The lowest BCUT2D eigenvalue weighted by atomic mass is 9.90. The first-order valence-corrected chi connectivity index (χ1v) is 10.7. The van der Waals surface area contributed by atoms with Crippen LogP contribution < -0.4 is 15.4 Å². The van der Waals surface area contributed by atoms with Gasteiger partial charge < -0.3 is 24.5 Å². The van der Waals surface area contributed by atoms with E-state index in [1.54, 1.807) is 16.9 Å². The highest BCUT2D eigenvalue weighted by atomic mass is 16.5. The molecule has 1 aliphatic heterocycles. The third kappa shape index (κ3) is 3.21. The minimum atomic E-state index is 0.127. The minimum absolute atomic E-state index is 0.127. The molecular formula is C22H24N6O3. The van der Waals surface area contributed by atoms with Gasteiger partial charge in [0.05, 0.1) is 30.8 Å². The van der Waals surface area contributed by atoms with E-state index < -0.39 is 0 Å². The molecule has 1 aliphatic carbocycles. The molecule has 1 atom stereocenters. The fraction of sp³-hybridized carbons (Fsp3) is 0.409. The number of hydrogen-bond donors (Lipinski definition) is 1. The number of pyridine rings is 1. The molecule has 5 heterocycles. The maximum absolute atomic E-state index is 6.20. The molecule has 4 aromatic heterocycles. The number of nitrogens with zero attached hydrogens (tertiary/aromatic N) is 5. The van der Waals surface area contributed by atoms with E-state index in [0.717, 1.165) is 47.5 Å². The summed E-state index contributed by atoms with van der Waals surface area (Å²) in [7, 11) is 0. The van der Waals surface area contributed by atoms with Gasteiger partial charge in [-0.2, -0.15) is 0 Å². The number of imidazole rings is 1. The Balaban J connectivity index is 1.38. The highest BCUT2D eigenvalue weighted by Gasteiger charge is 2.28. The standard InChI is InChI=1S/C22H24N6O3/c1-13-12-29-7-6-27(13)22-16-10-19(31-18(16)4-5-24-22)17-11-25-20-2-3-21(26-28(17)20)30-15-8-14(23)9-15/h2-5,10-11,13-15H,6-9,12,23H2,1H3. The zero-order chi connectivity index (χ0) is 20.9. The molecule has 2 N–H and O–H groups in total. The predicted molar refractivity (Wildman–Crippen MR) is 115 cm³/mol. The summed E-state index contributed by atoms with van der Waals surface area (Å²) < 4.78 is 19.5. The minimum Gasteiger partial charge on any atom is -0.473 e. The van der Waals surface area contributed by atoms with Crippen molar-refractivity contribution >= 4 is 22.4 Å². The number of furan rings is 1. The number of fused-ring (bicyclic) bond motifs is 2. The van der Waals surface area contributed by atoms with E-state index in [9.17, 15) is 0 Å². The highest BCUT2D eigenvalue weighted by Crippen LogP contribution is 2.34. The lowest BCUT2D eigenvalue weighted by Crippen LogP contribution is -2.44. The highest BCUT2D eigenvalue weighted by molar-refractivity contribution is 5.92. The number of nitrogens with two attached hydrogens (primary N) is 1. The van der Waals surface area contributed by atoms with E-state index in [2.05, 4.69) is 26.9 Å². The van der Waals surface area contributed by atoms with Gasteiger partial charge >= 0.3 is 0 Å². The Morgan fingerprint density at radius 1 is 1.19 bits per heavy atom. The van der Waals surface area contributed by atoms with Crippen molar-refractivity contribution < 1.29 is 13.9 Å². The Labute approximate surface area is 178 Å². The molecule has 2 aliphatic rings. The van der Waals surface area contributed by atoms with Crippen molar-refractivity contribution in [3.63, 3.8) is 0 Å². The van der Waals surface area contributed by atoms with Crippen molar-refractivity contribution in [3.05, 3.63) is 36.7 Å². The Kier molecular flexibility index (Phi) is 4.32. The van der Waals surface area contributed by atoms with Crippen LogP contribution in [0, 0.1) is 0 Å². The molecular weight excluding hydrogens is 396 g/mol. The summed E-state index contributed by atoms with van der Waals surface area (Å²) in [5.41, 5.74) is 8.14. The van der Waals surface area contributed by atoms with Crippen molar-refractivity contribution in [2.24, 2.45) is 5.73 Å². The number of aromatic nitrogens is 4. The number of hydrogen-bond acceptors (Lipinski definition) is 8. The summed E-state index contributed by atoms with van der Waals surface area (Å²) >= 11 is 0. The maximum atomic E-state index is 6.20. The number of anilines is 1. The second kappa shape index (κ2) is 7.21. The second-order valence-electron chi connectivity index (χ2n) is 8.33. The Hall–Kier alpha value is -3.17. The van der Waals surface area contributed by atoms with Crippen LogP contribution in [-0.4, -0.2) is 57.5 Å². The molecule has 0 bridgehead atoms. The molecule has 1 saturated carbocycles. The molecule has 2 fully saturated rings. The van der Waals surface area contributed by atoms with E-state index >= 15 is 0 Å². The van der Waals surface area contributed by atoms with Crippen molar-refractivity contribution in [2.45, 2.75) is 38.0 Å². The first-order valence-electron chi connectivity index (χ1n) is 10.7. The Morgan fingerprint density at radius 2 is 2.10 bits per heavy atom. The van der Waals surface area contributed by atoms with E-state index in [-0.39, 0.29) is 18.2 Å². The number of ether oxygens (including phenoxy) is 2. The van der Waals surface area contributed by atoms with Crippen LogP contribution in [0.25, 0.3) is 28.1 Å². The zero-order valence-electron chi connectivity index (χ0n) is 17.3. The lowest BCUT2D eigenvalue weighted by Gasteiger charge is -2.34. The predicted octanol–water partition coefficient (Wildman–Crippen LogP) is 2.63. The lowest BCUT2D eigenvalue weighted by molar-refractivity contribution is 0.0944. The van der Waals surface area contributed by atoms with Gasteiger partial charge in [-0.25, -0.2) is 14.5 Å². The molecule has 6 rings (SSSR count). The second-order valence-corrected chi connectivity index (χ2v) is 8.33. The van der Waals surface area contributed by atoms with E-state index in [4.69, 9.17) is 19.6 Å². The molecule has 9 heteroatoms. The average molecular weight is 420 g/mol.